The Morgan fingerprint density at radius 2 is 1.97 bits per heavy atom. The third kappa shape index (κ3) is 3.07. The molecule has 0 radical (unpaired) electrons. The molecule has 4 fully saturated rings. The highest BCUT2D eigenvalue weighted by Gasteiger charge is 2.81. The lowest BCUT2D eigenvalue weighted by molar-refractivity contribution is -0.0877. The molecule has 7 heteroatoms. The van der Waals surface area contributed by atoms with Crippen molar-refractivity contribution in [3.63, 3.8) is 0 Å². The van der Waals surface area contributed by atoms with Crippen LogP contribution in [0.25, 0.3) is 0 Å². The summed E-state index contributed by atoms with van der Waals surface area (Å²) in [5.41, 5.74) is 0.0797. The first-order chi connectivity index (χ1) is 14.9. The molecule has 1 aromatic carbocycles. The molecule has 1 aromatic rings. The summed E-state index contributed by atoms with van der Waals surface area (Å²) in [5.74, 6) is 1.10. The molecule has 2 unspecified atom stereocenters. The molecular weight excluding hydrogens is 410 g/mol. The van der Waals surface area contributed by atoms with E-state index >= 15 is 0 Å². The van der Waals surface area contributed by atoms with Crippen LogP contribution in [-0.4, -0.2) is 37.5 Å². The average Bonchev–Trinajstić information content (AvgIpc) is 2.98. The highest BCUT2D eigenvalue weighted by atomic mass is 19.1. The maximum Gasteiger partial charge on any atom is 0.461 e. The molecule has 0 spiro atoms. The van der Waals surface area contributed by atoms with Crippen molar-refractivity contribution >= 4 is 13.1 Å². The van der Waals surface area contributed by atoms with Gasteiger partial charge in [0.25, 0.3) is 0 Å². The van der Waals surface area contributed by atoms with Crippen LogP contribution in [0.5, 0.6) is 5.75 Å². The molecule has 174 valence electrons. The van der Waals surface area contributed by atoms with Crippen molar-refractivity contribution in [2.24, 2.45) is 23.2 Å². The molecule has 5 nitrogen and oxygen atoms in total. The van der Waals surface area contributed by atoms with Crippen LogP contribution in [0.1, 0.15) is 70.3 Å². The van der Waals surface area contributed by atoms with E-state index in [9.17, 15) is 9.18 Å². The number of carbonyl (C=O) groups excluding carboxylic acids is 1. The van der Waals surface area contributed by atoms with Crippen LogP contribution in [0.15, 0.2) is 12.1 Å². The van der Waals surface area contributed by atoms with E-state index in [1.165, 1.54) is 19.6 Å². The molecular formula is C25H34BFO5. The third-order valence-electron chi connectivity index (χ3n) is 8.68. The van der Waals surface area contributed by atoms with Crippen molar-refractivity contribution in [3.05, 3.63) is 29.1 Å². The van der Waals surface area contributed by atoms with Crippen LogP contribution in [0.4, 0.5) is 4.39 Å². The lowest BCUT2D eigenvalue weighted by atomic mass is 9.61. The van der Waals surface area contributed by atoms with Gasteiger partial charge in [-0.25, -0.2) is 9.18 Å². The predicted molar refractivity (Wildman–Crippen MR) is 119 cm³/mol. The van der Waals surface area contributed by atoms with E-state index < -0.39 is 17.4 Å². The van der Waals surface area contributed by atoms with E-state index in [2.05, 4.69) is 20.8 Å². The van der Waals surface area contributed by atoms with Gasteiger partial charge in [0.1, 0.15) is 22.7 Å². The van der Waals surface area contributed by atoms with Crippen molar-refractivity contribution < 1.29 is 28.0 Å². The number of carbonyl (C=O) groups is 1. The third-order valence-corrected chi connectivity index (χ3v) is 8.68. The second-order valence-corrected chi connectivity index (χ2v) is 11.7. The van der Waals surface area contributed by atoms with Crippen molar-refractivity contribution in [2.45, 2.75) is 83.9 Å². The summed E-state index contributed by atoms with van der Waals surface area (Å²) in [5, 5.41) is 0. The minimum absolute atomic E-state index is 0.0169. The van der Waals surface area contributed by atoms with Gasteiger partial charge in [-0.3, -0.25) is 0 Å². The molecule has 0 amide bonds. The quantitative estimate of drug-likeness (QED) is 0.470. The molecule has 5 rings (SSSR count). The van der Waals surface area contributed by atoms with E-state index in [0.717, 1.165) is 23.8 Å². The molecule has 32 heavy (non-hydrogen) atoms. The van der Waals surface area contributed by atoms with Crippen LogP contribution >= 0.6 is 0 Å². The van der Waals surface area contributed by atoms with Crippen molar-refractivity contribution in [1.82, 2.24) is 0 Å². The molecule has 4 aliphatic rings. The number of hydrogen-bond donors (Lipinski definition) is 0. The molecule has 0 N–H and O–H groups in total. The van der Waals surface area contributed by atoms with Gasteiger partial charge in [-0.2, -0.15) is 0 Å². The summed E-state index contributed by atoms with van der Waals surface area (Å²) in [7, 11) is 1.12. The fourth-order valence-electron chi connectivity index (χ4n) is 6.96. The van der Waals surface area contributed by atoms with Crippen molar-refractivity contribution in [3.8, 4) is 5.75 Å². The number of benzene rings is 1. The molecule has 7 atom stereocenters. The fraction of sp³-hybridized carbons (Fsp3) is 0.720. The zero-order valence-electron chi connectivity index (χ0n) is 20.2. The Morgan fingerprint density at radius 3 is 2.62 bits per heavy atom. The molecule has 0 bridgehead atoms. The number of esters is 1. The van der Waals surface area contributed by atoms with Crippen LogP contribution in [0, 0.1) is 29.0 Å². The van der Waals surface area contributed by atoms with Gasteiger partial charge >= 0.3 is 13.1 Å². The monoisotopic (exact) mass is 444 g/mol. The summed E-state index contributed by atoms with van der Waals surface area (Å²) in [6.07, 6.45) is 3.02. The van der Waals surface area contributed by atoms with Gasteiger partial charge in [0.05, 0.1) is 18.8 Å². The minimum atomic E-state index is -0.729. The van der Waals surface area contributed by atoms with Gasteiger partial charge in [0.15, 0.2) is 0 Å². The summed E-state index contributed by atoms with van der Waals surface area (Å²) < 4.78 is 38.6. The van der Waals surface area contributed by atoms with E-state index in [-0.39, 0.29) is 36.0 Å². The number of ether oxygens (including phenoxy) is 2. The molecule has 3 aliphatic carbocycles. The van der Waals surface area contributed by atoms with Crippen LogP contribution in [-0.2, 0) is 20.5 Å². The second kappa shape index (κ2) is 6.96. The van der Waals surface area contributed by atoms with Gasteiger partial charge in [-0.15, -0.1) is 0 Å². The minimum Gasteiger partial charge on any atom is -0.495 e. The topological polar surface area (TPSA) is 54.0 Å². The Morgan fingerprint density at radius 1 is 1.28 bits per heavy atom. The van der Waals surface area contributed by atoms with Gasteiger partial charge < -0.3 is 18.8 Å². The first-order valence-electron chi connectivity index (χ1n) is 11.8. The molecule has 1 saturated heterocycles. The summed E-state index contributed by atoms with van der Waals surface area (Å²) in [6.45, 7) is 12.0. The molecule has 1 heterocycles. The predicted octanol–water partition coefficient (Wildman–Crippen LogP) is 5.06. The maximum absolute atomic E-state index is 14.6. The van der Waals surface area contributed by atoms with Gasteiger partial charge in [-0.05, 0) is 87.6 Å². The Balaban J connectivity index is 1.34. The number of methoxy groups -OCH3 is 1. The fourth-order valence-corrected chi connectivity index (χ4v) is 6.96. The number of hydrogen-bond acceptors (Lipinski definition) is 5. The summed E-state index contributed by atoms with van der Waals surface area (Å²) in [6, 6.07) is 2.99. The Hall–Kier alpha value is -1.60. The van der Waals surface area contributed by atoms with E-state index in [0.29, 0.717) is 17.8 Å². The molecule has 1 aliphatic heterocycles. The zero-order chi connectivity index (χ0) is 23.2. The van der Waals surface area contributed by atoms with Crippen molar-refractivity contribution in [2.75, 3.05) is 7.11 Å². The Kier molecular flexibility index (Phi) is 4.83. The largest absolute Gasteiger partial charge is 0.495 e. The second-order valence-electron chi connectivity index (χ2n) is 11.7. The van der Waals surface area contributed by atoms with Gasteiger partial charge in [0.2, 0.25) is 0 Å². The summed E-state index contributed by atoms with van der Waals surface area (Å²) >= 11 is 0. The van der Waals surface area contributed by atoms with Crippen LogP contribution < -0.4 is 4.74 Å². The van der Waals surface area contributed by atoms with Crippen LogP contribution in [0.2, 0.25) is 5.82 Å². The summed E-state index contributed by atoms with van der Waals surface area (Å²) in [4.78, 5) is 12.7. The van der Waals surface area contributed by atoms with E-state index in [4.69, 9.17) is 18.8 Å². The lowest BCUT2D eigenvalue weighted by Crippen LogP contribution is -2.53. The smallest absolute Gasteiger partial charge is 0.461 e. The number of fused-ring (bicyclic) bond motifs is 3. The first kappa shape index (κ1) is 22.2. The van der Waals surface area contributed by atoms with Gasteiger partial charge in [0, 0.05) is 0 Å². The van der Waals surface area contributed by atoms with Crippen molar-refractivity contribution in [1.29, 1.82) is 0 Å². The maximum atomic E-state index is 14.6. The molecule has 0 aromatic heterocycles. The standard InChI is InChI=1S/C25H34BFO5/c1-13(26-31-19-12-16-15-11-18(24(15,16)5)25(19,6)32-26)10-14-8-9-17(27)20(21(14)29-7)22(28)30-23(2,3)4/h8-9,13,15-16,18-19H,10-12H2,1-7H3/t13-,15?,16-,18+,19?,24+,25+/m1/s1. The number of rotatable bonds is 5. The van der Waals surface area contributed by atoms with Gasteiger partial charge in [-0.1, -0.05) is 19.9 Å². The van der Waals surface area contributed by atoms with E-state index in [1.54, 1.807) is 26.8 Å². The highest BCUT2D eigenvalue weighted by molar-refractivity contribution is 6.47. The Labute approximate surface area is 190 Å². The zero-order valence-corrected chi connectivity index (χ0v) is 20.2. The lowest BCUT2D eigenvalue weighted by Gasteiger charge is -2.49. The first-order valence-corrected chi connectivity index (χ1v) is 11.8. The average molecular weight is 444 g/mol. The SMILES string of the molecule is COc1c(C[C@@H](C)B2OC3C[C@@H]4C5C[C@@H]([C@@]54C)[C@]3(C)O2)ccc(F)c1C(=O)OC(C)(C)C. The van der Waals surface area contributed by atoms with E-state index in [1.807, 2.05) is 0 Å². The highest BCUT2D eigenvalue weighted by Crippen LogP contribution is 2.82. The Bertz CT molecular complexity index is 960. The normalized spacial score (nSPS) is 37.8. The van der Waals surface area contributed by atoms with Crippen LogP contribution in [0.3, 0.4) is 0 Å². The molecule has 3 saturated carbocycles. The number of halogens is 1.